The van der Waals surface area contributed by atoms with Crippen molar-refractivity contribution >= 4 is 27.0 Å². The van der Waals surface area contributed by atoms with Gasteiger partial charge < -0.3 is 15.5 Å². The first kappa shape index (κ1) is 28.8. The molecule has 0 spiro atoms. The highest BCUT2D eigenvalue weighted by molar-refractivity contribution is 7.90. The number of aromatic nitrogens is 2. The summed E-state index contributed by atoms with van der Waals surface area (Å²) in [5.41, 5.74) is 3.65. The Morgan fingerprint density at radius 3 is 2.34 bits per heavy atom. The fourth-order valence-electron chi connectivity index (χ4n) is 3.97. The summed E-state index contributed by atoms with van der Waals surface area (Å²) in [5.74, 6) is 0.545. The van der Waals surface area contributed by atoms with Crippen LogP contribution in [0.3, 0.4) is 0 Å². The number of carbonyl (C=O) groups is 1. The number of rotatable bonds is 11. The van der Waals surface area contributed by atoms with Gasteiger partial charge in [0.05, 0.1) is 16.8 Å². The summed E-state index contributed by atoms with van der Waals surface area (Å²) in [6, 6.07) is 18.9. The molecule has 0 aliphatic heterocycles. The van der Waals surface area contributed by atoms with E-state index in [9.17, 15) is 17.6 Å². The number of nitrogens with zero attached hydrogens (tertiary/aromatic N) is 2. The van der Waals surface area contributed by atoms with Crippen molar-refractivity contribution in [1.29, 1.82) is 0 Å². The molecular formula is C28H33FN4O4S. The van der Waals surface area contributed by atoms with E-state index in [2.05, 4.69) is 4.72 Å². The zero-order valence-corrected chi connectivity index (χ0v) is 22.4. The lowest BCUT2D eigenvalue weighted by Crippen LogP contribution is -2.32. The van der Waals surface area contributed by atoms with Gasteiger partial charge in [-0.25, -0.2) is 22.5 Å². The number of fused-ring (bicyclic) bond motifs is 1. The van der Waals surface area contributed by atoms with Gasteiger partial charge in [0.1, 0.15) is 24.0 Å². The van der Waals surface area contributed by atoms with Crippen molar-refractivity contribution in [1.82, 2.24) is 20.4 Å². The highest BCUT2D eigenvalue weighted by atomic mass is 32.2. The van der Waals surface area contributed by atoms with Crippen LogP contribution in [0.5, 0.6) is 5.75 Å². The molecule has 0 radical (unpaired) electrons. The number of aryl methyl sites for hydroxylation is 1. The van der Waals surface area contributed by atoms with E-state index in [1.807, 2.05) is 42.7 Å². The van der Waals surface area contributed by atoms with Crippen LogP contribution in [0, 0.1) is 5.82 Å². The number of hydrogen-bond donors (Lipinski definition) is 2. The van der Waals surface area contributed by atoms with Gasteiger partial charge in [-0.05, 0) is 60.0 Å². The molecule has 1 heterocycles. The second-order valence-corrected chi connectivity index (χ2v) is 10.7. The number of unbranched alkanes of at least 4 members (excludes halogenated alkanes) is 1. The van der Waals surface area contributed by atoms with Gasteiger partial charge in [-0.15, -0.1) is 0 Å². The molecule has 0 bridgehead atoms. The SMILES string of the molecule is CCCCS(=O)(=O)NC(=O)c1ccc2nc(CC)n(Cc3ccc(OCc4ccc(F)cc4)cc3)c2c1.N. The van der Waals surface area contributed by atoms with Gasteiger partial charge in [0, 0.05) is 18.5 Å². The van der Waals surface area contributed by atoms with Crippen LogP contribution in [0.15, 0.2) is 66.7 Å². The van der Waals surface area contributed by atoms with Gasteiger partial charge in [-0.3, -0.25) is 4.79 Å². The highest BCUT2D eigenvalue weighted by Gasteiger charge is 2.18. The second-order valence-electron chi connectivity index (χ2n) is 8.83. The van der Waals surface area contributed by atoms with Gasteiger partial charge in [-0.2, -0.15) is 0 Å². The van der Waals surface area contributed by atoms with Gasteiger partial charge in [0.2, 0.25) is 10.0 Å². The Bertz CT molecular complexity index is 1480. The average Bonchev–Trinajstić information content (AvgIpc) is 3.24. The lowest BCUT2D eigenvalue weighted by atomic mass is 10.1. The van der Waals surface area contributed by atoms with Crippen LogP contribution >= 0.6 is 0 Å². The van der Waals surface area contributed by atoms with Gasteiger partial charge in [-0.1, -0.05) is 44.5 Å². The number of carbonyl (C=O) groups excluding carboxylic acids is 1. The van der Waals surface area contributed by atoms with E-state index in [1.165, 1.54) is 12.1 Å². The number of imidazole rings is 1. The smallest absolute Gasteiger partial charge is 0.264 e. The van der Waals surface area contributed by atoms with Crippen molar-refractivity contribution in [2.24, 2.45) is 0 Å². The second kappa shape index (κ2) is 12.7. The Labute approximate surface area is 222 Å². The molecule has 3 aromatic carbocycles. The number of halogens is 1. The maximum Gasteiger partial charge on any atom is 0.264 e. The predicted octanol–water partition coefficient (Wildman–Crippen LogP) is 5.39. The third-order valence-electron chi connectivity index (χ3n) is 6.00. The van der Waals surface area contributed by atoms with Crippen LogP contribution in [-0.4, -0.2) is 29.6 Å². The maximum atomic E-state index is 13.1. The van der Waals surface area contributed by atoms with Crippen LogP contribution < -0.4 is 15.6 Å². The molecule has 4 rings (SSSR count). The minimum atomic E-state index is -3.68. The van der Waals surface area contributed by atoms with Crippen LogP contribution in [0.4, 0.5) is 4.39 Å². The molecule has 1 aromatic heterocycles. The lowest BCUT2D eigenvalue weighted by molar-refractivity contribution is 0.0981. The van der Waals surface area contributed by atoms with Crippen molar-refractivity contribution in [3.8, 4) is 5.75 Å². The molecule has 4 N–H and O–H groups in total. The molecule has 4 aromatic rings. The molecule has 0 saturated heterocycles. The standard InChI is InChI=1S/C28H30FN3O4S.H3N/c1-3-5-16-37(34,35)31-28(33)22-10-15-25-26(17-22)32(27(4-2)30-25)18-20-8-13-24(14-9-20)36-19-21-6-11-23(29)12-7-21;/h6-15,17H,3-5,16,18-19H2,1-2H3,(H,31,33);1H3. The summed E-state index contributed by atoms with van der Waals surface area (Å²) < 4.78 is 47.5. The largest absolute Gasteiger partial charge is 0.489 e. The monoisotopic (exact) mass is 540 g/mol. The normalized spacial score (nSPS) is 11.2. The van der Waals surface area contributed by atoms with E-state index in [0.717, 1.165) is 34.4 Å². The van der Waals surface area contributed by atoms with Crippen LogP contribution in [0.2, 0.25) is 0 Å². The summed E-state index contributed by atoms with van der Waals surface area (Å²) in [6.07, 6.45) is 1.91. The van der Waals surface area contributed by atoms with E-state index in [-0.39, 0.29) is 23.3 Å². The number of ether oxygens (including phenoxy) is 1. The molecule has 0 saturated carbocycles. The Hall–Kier alpha value is -3.76. The molecule has 0 atom stereocenters. The first-order valence-corrected chi connectivity index (χ1v) is 13.9. The summed E-state index contributed by atoms with van der Waals surface area (Å²) in [4.78, 5) is 17.4. The molecule has 1 amide bonds. The molecule has 8 nitrogen and oxygen atoms in total. The molecule has 0 aliphatic rings. The Balaban J connectivity index is 0.00000400. The zero-order chi connectivity index (χ0) is 26.4. The fraction of sp³-hybridized carbons (Fsp3) is 0.286. The predicted molar refractivity (Wildman–Crippen MR) is 147 cm³/mol. The maximum absolute atomic E-state index is 13.1. The zero-order valence-electron chi connectivity index (χ0n) is 21.6. The minimum Gasteiger partial charge on any atom is -0.489 e. The Kier molecular flexibility index (Phi) is 9.60. The third-order valence-corrected chi connectivity index (χ3v) is 7.33. The van der Waals surface area contributed by atoms with Crippen molar-refractivity contribution in [3.63, 3.8) is 0 Å². The molecule has 0 aliphatic carbocycles. The van der Waals surface area contributed by atoms with E-state index in [4.69, 9.17) is 9.72 Å². The molecular weight excluding hydrogens is 507 g/mol. The van der Waals surface area contributed by atoms with E-state index < -0.39 is 15.9 Å². The average molecular weight is 541 g/mol. The van der Waals surface area contributed by atoms with E-state index >= 15 is 0 Å². The van der Waals surface area contributed by atoms with Gasteiger partial charge in [0.25, 0.3) is 5.91 Å². The van der Waals surface area contributed by atoms with E-state index in [0.29, 0.717) is 31.7 Å². The van der Waals surface area contributed by atoms with Gasteiger partial charge >= 0.3 is 0 Å². The Morgan fingerprint density at radius 2 is 1.68 bits per heavy atom. The topological polar surface area (TPSA) is 125 Å². The molecule has 0 unspecified atom stereocenters. The summed E-state index contributed by atoms with van der Waals surface area (Å²) in [7, 11) is -3.68. The summed E-state index contributed by atoms with van der Waals surface area (Å²) >= 11 is 0. The van der Waals surface area contributed by atoms with Crippen LogP contribution in [0.25, 0.3) is 11.0 Å². The molecule has 38 heavy (non-hydrogen) atoms. The number of amides is 1. The molecule has 10 heteroatoms. The first-order valence-electron chi connectivity index (χ1n) is 12.3. The van der Waals surface area contributed by atoms with Crippen molar-refractivity contribution in [2.75, 3.05) is 5.75 Å². The first-order chi connectivity index (χ1) is 17.8. The van der Waals surface area contributed by atoms with Crippen molar-refractivity contribution in [3.05, 3.63) is 95.1 Å². The van der Waals surface area contributed by atoms with Gasteiger partial charge in [0.15, 0.2) is 0 Å². The van der Waals surface area contributed by atoms with Crippen molar-refractivity contribution in [2.45, 2.75) is 46.3 Å². The number of sulfonamides is 1. The number of hydrogen-bond acceptors (Lipinski definition) is 6. The quantitative estimate of drug-likeness (QED) is 0.263. The number of nitrogens with one attached hydrogen (secondary N) is 1. The molecule has 202 valence electrons. The fourth-order valence-corrected chi connectivity index (χ4v) is 5.14. The van der Waals surface area contributed by atoms with E-state index in [1.54, 1.807) is 30.3 Å². The van der Waals surface area contributed by atoms with Crippen molar-refractivity contribution < 1.29 is 22.3 Å². The summed E-state index contributed by atoms with van der Waals surface area (Å²) in [6.45, 7) is 4.77. The van der Waals surface area contributed by atoms with Crippen LogP contribution in [-0.2, 0) is 29.6 Å². The highest BCUT2D eigenvalue weighted by Crippen LogP contribution is 2.22. The summed E-state index contributed by atoms with van der Waals surface area (Å²) in [5, 5.41) is 0. The van der Waals surface area contributed by atoms with Crippen LogP contribution in [0.1, 0.15) is 54.0 Å². The third kappa shape index (κ3) is 7.17. The minimum absolute atomic E-state index is 0. The number of benzene rings is 3. The lowest BCUT2D eigenvalue weighted by Gasteiger charge is -2.11. The Morgan fingerprint density at radius 1 is 1.00 bits per heavy atom. The molecule has 0 fully saturated rings.